The molecule has 1 aromatic rings. The van der Waals surface area contributed by atoms with E-state index in [2.05, 4.69) is 10.6 Å². The van der Waals surface area contributed by atoms with Crippen LogP contribution in [0, 0.1) is 0 Å². The lowest BCUT2D eigenvalue weighted by Crippen LogP contribution is -2.37. The number of nitrogens with one attached hydrogen (secondary N) is 2. The van der Waals surface area contributed by atoms with Gasteiger partial charge in [0.05, 0.1) is 6.54 Å². The molecule has 5 heteroatoms. The van der Waals surface area contributed by atoms with Gasteiger partial charge in [-0.2, -0.15) is 0 Å². The summed E-state index contributed by atoms with van der Waals surface area (Å²) in [6, 6.07) is 6.84. The molecule has 0 aliphatic heterocycles. The molecule has 1 rings (SSSR count). The van der Waals surface area contributed by atoms with Gasteiger partial charge in [0, 0.05) is 11.6 Å². The predicted octanol–water partition coefficient (Wildman–Crippen LogP) is 1.73. The Kier molecular flexibility index (Phi) is 4.79. The van der Waals surface area contributed by atoms with Crippen LogP contribution in [0.15, 0.2) is 24.3 Å². The highest BCUT2D eigenvalue weighted by Crippen LogP contribution is 2.09. The summed E-state index contributed by atoms with van der Waals surface area (Å²) in [4.78, 5) is 21.8. The van der Waals surface area contributed by atoms with Gasteiger partial charge in [0.1, 0.15) is 5.78 Å². The van der Waals surface area contributed by atoms with Crippen LogP contribution in [0.3, 0.4) is 0 Å². The van der Waals surface area contributed by atoms with Crippen LogP contribution >= 0.6 is 11.6 Å². The fourth-order valence-corrected chi connectivity index (χ4v) is 1.31. The molecule has 0 aromatic heterocycles. The van der Waals surface area contributed by atoms with E-state index in [-0.39, 0.29) is 18.4 Å². The number of Topliss-reactive ketones (excluding diaryl/α,β-unsaturated/α-hetero) is 1. The average Bonchev–Trinajstić information content (AvgIpc) is 2.23. The number of urea groups is 1. The van der Waals surface area contributed by atoms with Gasteiger partial charge in [0.2, 0.25) is 0 Å². The standard InChI is InChI=1S/C11H13ClN2O2/c1-8(15)6-13-11(16)14-7-9-3-2-4-10(12)5-9/h2-5H,6-7H2,1H3,(H2,13,14,16). The van der Waals surface area contributed by atoms with Gasteiger partial charge in [-0.25, -0.2) is 4.79 Å². The molecule has 2 amide bonds. The van der Waals surface area contributed by atoms with Crippen LogP contribution in [0.5, 0.6) is 0 Å². The third kappa shape index (κ3) is 4.79. The molecule has 0 heterocycles. The lowest BCUT2D eigenvalue weighted by atomic mass is 10.2. The van der Waals surface area contributed by atoms with Gasteiger partial charge in [0.25, 0.3) is 0 Å². The lowest BCUT2D eigenvalue weighted by molar-refractivity contribution is -0.116. The largest absolute Gasteiger partial charge is 0.334 e. The summed E-state index contributed by atoms with van der Waals surface area (Å²) in [6.45, 7) is 1.84. The zero-order valence-corrected chi connectivity index (χ0v) is 9.67. The molecule has 86 valence electrons. The van der Waals surface area contributed by atoms with Crippen molar-refractivity contribution in [2.45, 2.75) is 13.5 Å². The number of ketones is 1. The number of rotatable bonds is 4. The molecule has 0 aliphatic rings. The van der Waals surface area contributed by atoms with Gasteiger partial charge >= 0.3 is 6.03 Å². The maximum atomic E-state index is 11.2. The molecule has 0 fully saturated rings. The number of halogens is 1. The predicted molar refractivity (Wildman–Crippen MR) is 62.4 cm³/mol. The topological polar surface area (TPSA) is 58.2 Å². The Morgan fingerprint density at radius 1 is 1.31 bits per heavy atom. The Morgan fingerprint density at radius 2 is 2.06 bits per heavy atom. The van der Waals surface area contributed by atoms with Crippen molar-refractivity contribution in [3.63, 3.8) is 0 Å². The minimum Gasteiger partial charge on any atom is -0.334 e. The molecule has 0 spiro atoms. The van der Waals surface area contributed by atoms with Gasteiger partial charge < -0.3 is 10.6 Å². The molecule has 16 heavy (non-hydrogen) atoms. The van der Waals surface area contributed by atoms with E-state index >= 15 is 0 Å². The van der Waals surface area contributed by atoms with E-state index < -0.39 is 0 Å². The second-order valence-corrected chi connectivity index (χ2v) is 3.80. The SMILES string of the molecule is CC(=O)CNC(=O)NCc1cccc(Cl)c1. The monoisotopic (exact) mass is 240 g/mol. The van der Waals surface area contributed by atoms with Gasteiger partial charge in [-0.1, -0.05) is 23.7 Å². The van der Waals surface area contributed by atoms with Crippen molar-refractivity contribution in [3.05, 3.63) is 34.9 Å². The molecular formula is C11H13ClN2O2. The highest BCUT2D eigenvalue weighted by Gasteiger charge is 2.01. The van der Waals surface area contributed by atoms with E-state index in [4.69, 9.17) is 11.6 Å². The van der Waals surface area contributed by atoms with Crippen LogP contribution in [0.1, 0.15) is 12.5 Å². The molecule has 0 unspecified atom stereocenters. The molecule has 0 bridgehead atoms. The van der Waals surface area contributed by atoms with E-state index in [1.54, 1.807) is 12.1 Å². The molecule has 0 aliphatic carbocycles. The number of benzene rings is 1. The summed E-state index contributed by atoms with van der Waals surface area (Å²) in [7, 11) is 0. The molecule has 0 atom stereocenters. The van der Waals surface area contributed by atoms with E-state index in [1.807, 2.05) is 12.1 Å². The maximum Gasteiger partial charge on any atom is 0.315 e. The number of carbonyl (C=O) groups excluding carboxylic acids is 2. The Labute approximate surface area is 99.0 Å². The summed E-state index contributed by atoms with van der Waals surface area (Å²) in [5.41, 5.74) is 0.908. The van der Waals surface area contributed by atoms with Crippen LogP contribution in [0.2, 0.25) is 5.02 Å². The van der Waals surface area contributed by atoms with Gasteiger partial charge in [-0.15, -0.1) is 0 Å². The van der Waals surface area contributed by atoms with E-state index in [9.17, 15) is 9.59 Å². The van der Waals surface area contributed by atoms with Crippen LogP contribution in [0.25, 0.3) is 0 Å². The second kappa shape index (κ2) is 6.12. The van der Waals surface area contributed by atoms with Crippen molar-refractivity contribution in [1.82, 2.24) is 10.6 Å². The summed E-state index contributed by atoms with van der Waals surface area (Å²) >= 11 is 5.79. The van der Waals surface area contributed by atoms with Gasteiger partial charge in [0.15, 0.2) is 0 Å². The number of carbonyl (C=O) groups is 2. The van der Waals surface area contributed by atoms with E-state index in [0.29, 0.717) is 11.6 Å². The fourth-order valence-electron chi connectivity index (χ4n) is 1.10. The molecule has 1 aromatic carbocycles. The Hall–Kier alpha value is -1.55. The zero-order valence-electron chi connectivity index (χ0n) is 8.92. The first-order valence-corrected chi connectivity index (χ1v) is 5.21. The van der Waals surface area contributed by atoms with Crippen LogP contribution < -0.4 is 10.6 Å². The summed E-state index contributed by atoms with van der Waals surface area (Å²) in [6.07, 6.45) is 0. The Bertz CT molecular complexity index is 393. The van der Waals surface area contributed by atoms with Crippen molar-refractivity contribution in [2.75, 3.05) is 6.54 Å². The minimum atomic E-state index is -0.366. The number of hydrogen-bond acceptors (Lipinski definition) is 2. The first-order valence-electron chi connectivity index (χ1n) is 4.83. The molecule has 0 saturated heterocycles. The van der Waals surface area contributed by atoms with Crippen molar-refractivity contribution in [1.29, 1.82) is 0 Å². The van der Waals surface area contributed by atoms with Gasteiger partial charge in [-0.05, 0) is 24.6 Å². The summed E-state index contributed by atoms with van der Waals surface area (Å²) in [5.74, 6) is -0.0853. The Balaban J connectivity index is 2.34. The van der Waals surface area contributed by atoms with Crippen molar-refractivity contribution < 1.29 is 9.59 Å². The van der Waals surface area contributed by atoms with E-state index in [1.165, 1.54) is 6.92 Å². The van der Waals surface area contributed by atoms with Crippen molar-refractivity contribution in [2.24, 2.45) is 0 Å². The highest BCUT2D eigenvalue weighted by molar-refractivity contribution is 6.30. The second-order valence-electron chi connectivity index (χ2n) is 3.37. The van der Waals surface area contributed by atoms with Gasteiger partial charge in [-0.3, -0.25) is 4.79 Å². The normalized spacial score (nSPS) is 9.62. The Morgan fingerprint density at radius 3 is 2.69 bits per heavy atom. The quantitative estimate of drug-likeness (QED) is 0.842. The zero-order chi connectivity index (χ0) is 12.0. The van der Waals surface area contributed by atoms with Crippen LogP contribution in [-0.2, 0) is 11.3 Å². The first-order chi connectivity index (χ1) is 7.58. The minimum absolute atomic E-state index is 0.0430. The summed E-state index contributed by atoms with van der Waals surface area (Å²) in [5, 5.41) is 5.68. The summed E-state index contributed by atoms with van der Waals surface area (Å²) < 4.78 is 0. The third-order valence-electron chi connectivity index (χ3n) is 1.84. The smallest absolute Gasteiger partial charge is 0.315 e. The van der Waals surface area contributed by atoms with E-state index in [0.717, 1.165) is 5.56 Å². The molecule has 4 nitrogen and oxygen atoms in total. The average molecular weight is 241 g/mol. The molecule has 0 saturated carbocycles. The lowest BCUT2D eigenvalue weighted by Gasteiger charge is -2.06. The van der Waals surface area contributed by atoms with Crippen LogP contribution in [0.4, 0.5) is 4.79 Å². The van der Waals surface area contributed by atoms with Crippen molar-refractivity contribution in [3.8, 4) is 0 Å². The van der Waals surface area contributed by atoms with Crippen LogP contribution in [-0.4, -0.2) is 18.4 Å². The first kappa shape index (κ1) is 12.5. The maximum absolute atomic E-state index is 11.2. The molecule has 2 N–H and O–H groups in total. The van der Waals surface area contributed by atoms with Crippen molar-refractivity contribution >= 4 is 23.4 Å². The highest BCUT2D eigenvalue weighted by atomic mass is 35.5. The molecule has 0 radical (unpaired) electrons. The third-order valence-corrected chi connectivity index (χ3v) is 2.08. The fraction of sp³-hybridized carbons (Fsp3) is 0.273. The number of amides is 2. The molecular weight excluding hydrogens is 228 g/mol. The number of hydrogen-bond donors (Lipinski definition) is 2.